The van der Waals surface area contributed by atoms with E-state index in [1.54, 1.807) is 19.1 Å². The van der Waals surface area contributed by atoms with Crippen molar-refractivity contribution in [3.8, 4) is 11.8 Å². The van der Waals surface area contributed by atoms with Crippen LogP contribution < -0.4 is 11.1 Å². The third-order valence-corrected chi connectivity index (χ3v) is 3.03. The van der Waals surface area contributed by atoms with Crippen molar-refractivity contribution in [1.82, 2.24) is 0 Å². The molecule has 0 saturated heterocycles. The predicted octanol–water partition coefficient (Wildman–Crippen LogP) is 2.71. The SMILES string of the molecule is CCc1cc(C#CCN)ccc1NC(=O)c1ccc(C)o1. The van der Waals surface area contributed by atoms with Gasteiger partial charge in [-0.2, -0.15) is 0 Å². The third kappa shape index (κ3) is 3.74. The van der Waals surface area contributed by atoms with E-state index in [2.05, 4.69) is 17.2 Å². The van der Waals surface area contributed by atoms with Crippen LogP contribution in [0.1, 0.15) is 34.4 Å². The van der Waals surface area contributed by atoms with Crippen LogP contribution in [0.5, 0.6) is 0 Å². The highest BCUT2D eigenvalue weighted by atomic mass is 16.3. The molecule has 0 aliphatic carbocycles. The molecule has 0 fully saturated rings. The lowest BCUT2D eigenvalue weighted by Crippen LogP contribution is -2.12. The van der Waals surface area contributed by atoms with Crippen molar-refractivity contribution in [1.29, 1.82) is 0 Å². The summed E-state index contributed by atoms with van der Waals surface area (Å²) in [5.74, 6) is 6.58. The molecule has 2 aromatic rings. The zero-order chi connectivity index (χ0) is 15.2. The zero-order valence-corrected chi connectivity index (χ0v) is 12.2. The number of aryl methyl sites for hydroxylation is 2. The van der Waals surface area contributed by atoms with Crippen LogP contribution in [0, 0.1) is 18.8 Å². The number of hydrogen-bond acceptors (Lipinski definition) is 3. The highest BCUT2D eigenvalue weighted by Gasteiger charge is 2.12. The highest BCUT2D eigenvalue weighted by molar-refractivity contribution is 6.02. The molecule has 0 radical (unpaired) electrons. The summed E-state index contributed by atoms with van der Waals surface area (Å²) in [6.07, 6.45) is 0.797. The van der Waals surface area contributed by atoms with Crippen molar-refractivity contribution < 1.29 is 9.21 Å². The fraction of sp³-hybridized carbons (Fsp3) is 0.235. The molecule has 0 bridgehead atoms. The van der Waals surface area contributed by atoms with E-state index in [1.165, 1.54) is 0 Å². The molecule has 4 nitrogen and oxygen atoms in total. The molecule has 21 heavy (non-hydrogen) atoms. The molecule has 0 spiro atoms. The van der Waals surface area contributed by atoms with Crippen molar-refractivity contribution >= 4 is 11.6 Å². The Balaban J connectivity index is 2.21. The number of nitrogens with two attached hydrogens (primary N) is 1. The predicted molar refractivity (Wildman–Crippen MR) is 83.2 cm³/mol. The van der Waals surface area contributed by atoms with E-state index in [0.717, 1.165) is 23.2 Å². The standard InChI is InChI=1S/C17H18N2O2/c1-3-14-11-13(5-4-10-18)7-8-15(14)19-17(20)16-9-6-12(2)21-16/h6-9,11H,3,10,18H2,1-2H3,(H,19,20). The maximum Gasteiger partial charge on any atom is 0.291 e. The molecule has 3 N–H and O–H groups in total. The van der Waals surface area contributed by atoms with Crippen molar-refractivity contribution in [3.05, 3.63) is 53.0 Å². The van der Waals surface area contributed by atoms with Crippen LogP contribution in [0.25, 0.3) is 0 Å². The van der Waals surface area contributed by atoms with Gasteiger partial charge in [0.25, 0.3) is 5.91 Å². The summed E-state index contributed by atoms with van der Waals surface area (Å²) >= 11 is 0. The second-order valence-electron chi connectivity index (χ2n) is 4.60. The fourth-order valence-corrected chi connectivity index (χ4v) is 1.98. The van der Waals surface area contributed by atoms with Crippen LogP contribution in [-0.2, 0) is 6.42 Å². The van der Waals surface area contributed by atoms with Gasteiger partial charge in [-0.05, 0) is 49.2 Å². The van der Waals surface area contributed by atoms with Gasteiger partial charge in [-0.3, -0.25) is 4.79 Å². The van der Waals surface area contributed by atoms with E-state index in [1.807, 2.05) is 25.1 Å². The van der Waals surface area contributed by atoms with E-state index in [4.69, 9.17) is 10.2 Å². The van der Waals surface area contributed by atoms with Crippen molar-refractivity contribution in [2.45, 2.75) is 20.3 Å². The lowest BCUT2D eigenvalue weighted by molar-refractivity contribution is 0.0995. The zero-order valence-electron chi connectivity index (χ0n) is 12.2. The van der Waals surface area contributed by atoms with E-state index in [-0.39, 0.29) is 5.91 Å². The van der Waals surface area contributed by atoms with Crippen molar-refractivity contribution in [2.24, 2.45) is 5.73 Å². The van der Waals surface area contributed by atoms with E-state index in [9.17, 15) is 4.79 Å². The number of rotatable bonds is 3. The Kier molecular flexibility index (Phi) is 4.81. The summed E-state index contributed by atoms with van der Waals surface area (Å²) < 4.78 is 5.32. The first-order valence-electron chi connectivity index (χ1n) is 6.83. The van der Waals surface area contributed by atoms with Gasteiger partial charge in [0.2, 0.25) is 0 Å². The monoisotopic (exact) mass is 282 g/mol. The topological polar surface area (TPSA) is 68.3 Å². The van der Waals surface area contributed by atoms with E-state index >= 15 is 0 Å². The van der Waals surface area contributed by atoms with Crippen molar-refractivity contribution in [3.63, 3.8) is 0 Å². The van der Waals surface area contributed by atoms with Gasteiger partial charge < -0.3 is 15.5 Å². The Morgan fingerprint density at radius 3 is 2.76 bits per heavy atom. The van der Waals surface area contributed by atoms with Gasteiger partial charge in [-0.15, -0.1) is 0 Å². The van der Waals surface area contributed by atoms with Gasteiger partial charge in [-0.25, -0.2) is 0 Å². The second kappa shape index (κ2) is 6.78. The minimum absolute atomic E-state index is 0.251. The average molecular weight is 282 g/mol. The lowest BCUT2D eigenvalue weighted by atomic mass is 10.1. The molecule has 2 rings (SSSR count). The summed E-state index contributed by atoms with van der Waals surface area (Å²) in [4.78, 5) is 12.1. The van der Waals surface area contributed by atoms with E-state index in [0.29, 0.717) is 18.1 Å². The lowest BCUT2D eigenvalue weighted by Gasteiger charge is -2.09. The van der Waals surface area contributed by atoms with Crippen LogP contribution in [0.4, 0.5) is 5.69 Å². The summed E-state index contributed by atoms with van der Waals surface area (Å²) in [7, 11) is 0. The molecular formula is C17H18N2O2. The second-order valence-corrected chi connectivity index (χ2v) is 4.60. The third-order valence-electron chi connectivity index (χ3n) is 3.03. The fourth-order valence-electron chi connectivity index (χ4n) is 1.98. The number of carbonyl (C=O) groups is 1. The smallest absolute Gasteiger partial charge is 0.291 e. The minimum atomic E-state index is -0.251. The molecule has 0 unspecified atom stereocenters. The quantitative estimate of drug-likeness (QED) is 0.850. The van der Waals surface area contributed by atoms with Crippen LogP contribution >= 0.6 is 0 Å². The molecule has 0 aliphatic rings. The maximum absolute atomic E-state index is 12.1. The molecule has 4 heteroatoms. The number of furan rings is 1. The van der Waals surface area contributed by atoms with Crippen LogP contribution in [0.3, 0.4) is 0 Å². The van der Waals surface area contributed by atoms with Gasteiger partial charge in [0.15, 0.2) is 5.76 Å². The number of hydrogen-bond donors (Lipinski definition) is 2. The first-order chi connectivity index (χ1) is 10.1. The first kappa shape index (κ1) is 14.9. The Bertz CT molecular complexity index is 705. The number of nitrogens with one attached hydrogen (secondary N) is 1. The largest absolute Gasteiger partial charge is 0.456 e. The number of amides is 1. The maximum atomic E-state index is 12.1. The van der Waals surface area contributed by atoms with Crippen LogP contribution in [-0.4, -0.2) is 12.5 Å². The van der Waals surface area contributed by atoms with Gasteiger partial charge in [0.1, 0.15) is 5.76 Å². The van der Waals surface area contributed by atoms with E-state index < -0.39 is 0 Å². The van der Waals surface area contributed by atoms with Crippen LogP contribution in [0.2, 0.25) is 0 Å². The highest BCUT2D eigenvalue weighted by Crippen LogP contribution is 2.19. The molecular weight excluding hydrogens is 264 g/mol. The molecule has 108 valence electrons. The minimum Gasteiger partial charge on any atom is -0.456 e. The Morgan fingerprint density at radius 2 is 2.14 bits per heavy atom. The molecule has 0 atom stereocenters. The van der Waals surface area contributed by atoms with Crippen LogP contribution in [0.15, 0.2) is 34.7 Å². The van der Waals surface area contributed by atoms with Crippen molar-refractivity contribution in [2.75, 3.05) is 11.9 Å². The molecule has 1 aromatic carbocycles. The normalized spacial score (nSPS) is 9.86. The number of benzene rings is 1. The molecule has 0 saturated carbocycles. The number of anilines is 1. The molecule has 1 heterocycles. The van der Waals surface area contributed by atoms with Gasteiger partial charge in [0, 0.05) is 11.3 Å². The molecule has 1 aromatic heterocycles. The average Bonchev–Trinajstić information content (AvgIpc) is 2.92. The summed E-state index contributed by atoms with van der Waals surface area (Å²) in [5.41, 5.74) is 8.06. The number of carbonyl (C=O) groups excluding carboxylic acids is 1. The first-order valence-corrected chi connectivity index (χ1v) is 6.83. The Hall–Kier alpha value is -2.51. The summed E-state index contributed by atoms with van der Waals surface area (Å²) in [5, 5.41) is 2.87. The molecule has 0 aliphatic heterocycles. The van der Waals surface area contributed by atoms with Gasteiger partial charge >= 0.3 is 0 Å². The van der Waals surface area contributed by atoms with Gasteiger partial charge in [0.05, 0.1) is 6.54 Å². The molecule has 1 amide bonds. The van der Waals surface area contributed by atoms with Gasteiger partial charge in [-0.1, -0.05) is 18.8 Å². The summed E-state index contributed by atoms with van der Waals surface area (Å²) in [6, 6.07) is 9.11. The Morgan fingerprint density at radius 1 is 1.33 bits per heavy atom. The Labute approximate surface area is 124 Å². The summed E-state index contributed by atoms with van der Waals surface area (Å²) in [6.45, 7) is 4.17.